The lowest BCUT2D eigenvalue weighted by molar-refractivity contribution is 0.173. The monoisotopic (exact) mass is 285 g/mol. The average Bonchev–Trinajstić information content (AvgIpc) is 2.97. The van der Waals surface area contributed by atoms with Gasteiger partial charge in [0.05, 0.1) is 17.8 Å². The molecule has 4 heteroatoms. The van der Waals surface area contributed by atoms with Gasteiger partial charge in [0.25, 0.3) is 0 Å². The van der Waals surface area contributed by atoms with Crippen molar-refractivity contribution in [3.63, 3.8) is 0 Å². The molecule has 1 fully saturated rings. The van der Waals surface area contributed by atoms with E-state index < -0.39 is 6.10 Å². The first-order chi connectivity index (χ1) is 10.3. The van der Waals surface area contributed by atoms with E-state index in [9.17, 15) is 5.11 Å². The molecular weight excluding hydrogens is 262 g/mol. The Balaban J connectivity index is 1.56. The Bertz CT molecular complexity index is 546. The molecule has 2 heterocycles. The van der Waals surface area contributed by atoms with E-state index in [0.29, 0.717) is 18.9 Å². The fourth-order valence-electron chi connectivity index (χ4n) is 3.14. The van der Waals surface area contributed by atoms with E-state index in [4.69, 9.17) is 0 Å². The highest BCUT2D eigenvalue weighted by Crippen LogP contribution is 2.27. The second kappa shape index (κ2) is 6.85. The molecule has 2 aromatic heterocycles. The summed E-state index contributed by atoms with van der Waals surface area (Å²) in [7, 11) is 0. The van der Waals surface area contributed by atoms with Crippen LogP contribution in [0.4, 0.5) is 0 Å². The van der Waals surface area contributed by atoms with Gasteiger partial charge in [-0.05, 0) is 30.5 Å². The molecule has 0 saturated heterocycles. The summed E-state index contributed by atoms with van der Waals surface area (Å²) in [6.07, 6.45) is 12.9. The van der Waals surface area contributed by atoms with Crippen molar-refractivity contribution in [1.82, 2.24) is 14.8 Å². The molecule has 2 aromatic rings. The summed E-state index contributed by atoms with van der Waals surface area (Å²) in [5, 5.41) is 14.9. The van der Waals surface area contributed by atoms with Gasteiger partial charge in [0.1, 0.15) is 0 Å². The number of aliphatic hydroxyl groups is 1. The second-order valence-electron chi connectivity index (χ2n) is 6.00. The van der Waals surface area contributed by atoms with Crippen molar-refractivity contribution >= 4 is 0 Å². The van der Waals surface area contributed by atoms with E-state index in [-0.39, 0.29) is 0 Å². The normalized spacial score (nSPS) is 17.8. The molecule has 0 bridgehead atoms. The van der Waals surface area contributed by atoms with Gasteiger partial charge in [0.2, 0.25) is 0 Å². The molecule has 4 nitrogen and oxygen atoms in total. The van der Waals surface area contributed by atoms with E-state index in [2.05, 4.69) is 21.0 Å². The fourth-order valence-corrected chi connectivity index (χ4v) is 3.14. The minimum absolute atomic E-state index is 0.399. The third kappa shape index (κ3) is 3.91. The average molecular weight is 285 g/mol. The van der Waals surface area contributed by atoms with Crippen LogP contribution < -0.4 is 0 Å². The van der Waals surface area contributed by atoms with Crippen LogP contribution in [0.15, 0.2) is 36.8 Å². The van der Waals surface area contributed by atoms with E-state index in [0.717, 1.165) is 11.3 Å². The molecular formula is C17H23N3O. The number of aliphatic hydroxyl groups excluding tert-OH is 1. The van der Waals surface area contributed by atoms with Crippen molar-refractivity contribution in [3.8, 4) is 0 Å². The Morgan fingerprint density at radius 1 is 1.19 bits per heavy atom. The largest absolute Gasteiger partial charge is 0.392 e. The molecule has 0 radical (unpaired) electrons. The zero-order valence-corrected chi connectivity index (χ0v) is 12.4. The van der Waals surface area contributed by atoms with Gasteiger partial charge in [-0.2, -0.15) is 5.10 Å². The topological polar surface area (TPSA) is 50.9 Å². The Morgan fingerprint density at radius 3 is 2.81 bits per heavy atom. The molecule has 3 rings (SSSR count). The molecule has 1 unspecified atom stereocenters. The second-order valence-corrected chi connectivity index (χ2v) is 6.00. The molecule has 0 aliphatic heterocycles. The highest BCUT2D eigenvalue weighted by atomic mass is 16.3. The predicted molar refractivity (Wildman–Crippen MR) is 82.0 cm³/mol. The summed E-state index contributed by atoms with van der Waals surface area (Å²) in [4.78, 5) is 4.08. The quantitative estimate of drug-likeness (QED) is 0.919. The molecule has 0 amide bonds. The molecule has 1 aliphatic carbocycles. The van der Waals surface area contributed by atoms with E-state index >= 15 is 0 Å². The van der Waals surface area contributed by atoms with Crippen LogP contribution in [0.5, 0.6) is 0 Å². The molecule has 0 spiro atoms. The highest BCUT2D eigenvalue weighted by Gasteiger charge is 2.17. The smallest absolute Gasteiger partial charge is 0.0650 e. The summed E-state index contributed by atoms with van der Waals surface area (Å²) in [5.41, 5.74) is 2.05. The molecule has 1 aliphatic rings. The zero-order valence-electron chi connectivity index (χ0n) is 12.4. The standard InChI is InChI=1S/C17H23N3O/c21-17(11-14-5-4-9-18-13-14)12-15-8-10-20(19-15)16-6-2-1-3-7-16/h4-5,8-10,13,16-17,21H,1-3,6-7,11-12H2. The van der Waals surface area contributed by atoms with Crippen LogP contribution >= 0.6 is 0 Å². The van der Waals surface area contributed by atoms with Crippen LogP contribution in [0.3, 0.4) is 0 Å². The van der Waals surface area contributed by atoms with Crippen molar-refractivity contribution in [2.45, 2.75) is 57.1 Å². The Kier molecular flexibility index (Phi) is 4.65. The number of rotatable bonds is 5. The van der Waals surface area contributed by atoms with Gasteiger partial charge >= 0.3 is 0 Å². The lowest BCUT2D eigenvalue weighted by atomic mass is 9.96. The lowest BCUT2D eigenvalue weighted by Crippen LogP contribution is -2.16. The predicted octanol–water partition coefficient (Wildman–Crippen LogP) is 2.93. The SMILES string of the molecule is OC(Cc1cccnc1)Cc1ccn(C2CCCCC2)n1. The van der Waals surface area contributed by atoms with Crippen LogP contribution in [0.1, 0.15) is 49.4 Å². The van der Waals surface area contributed by atoms with Gasteiger partial charge in [-0.25, -0.2) is 0 Å². The fraction of sp³-hybridized carbons (Fsp3) is 0.529. The van der Waals surface area contributed by atoms with Crippen molar-refractivity contribution in [1.29, 1.82) is 0 Å². The molecule has 21 heavy (non-hydrogen) atoms. The van der Waals surface area contributed by atoms with Crippen LogP contribution in [0.2, 0.25) is 0 Å². The summed E-state index contributed by atoms with van der Waals surface area (Å²) in [5.74, 6) is 0. The first-order valence-corrected chi connectivity index (χ1v) is 7.92. The maximum atomic E-state index is 10.2. The third-order valence-corrected chi connectivity index (χ3v) is 4.25. The van der Waals surface area contributed by atoms with Crippen molar-refractivity contribution in [2.75, 3.05) is 0 Å². The maximum absolute atomic E-state index is 10.2. The number of nitrogens with zero attached hydrogens (tertiary/aromatic N) is 3. The first kappa shape index (κ1) is 14.3. The van der Waals surface area contributed by atoms with Gasteiger partial charge in [0, 0.05) is 31.4 Å². The number of aromatic nitrogens is 3. The van der Waals surface area contributed by atoms with Gasteiger partial charge in [-0.15, -0.1) is 0 Å². The molecule has 1 atom stereocenters. The lowest BCUT2D eigenvalue weighted by Gasteiger charge is -2.21. The minimum atomic E-state index is -0.399. The minimum Gasteiger partial charge on any atom is -0.392 e. The van der Waals surface area contributed by atoms with Gasteiger partial charge in [-0.3, -0.25) is 9.67 Å². The molecule has 1 saturated carbocycles. The maximum Gasteiger partial charge on any atom is 0.0650 e. The van der Waals surface area contributed by atoms with E-state index in [1.807, 2.05) is 24.4 Å². The molecule has 112 valence electrons. The van der Waals surface area contributed by atoms with E-state index in [1.54, 1.807) is 6.20 Å². The number of hydrogen-bond acceptors (Lipinski definition) is 3. The Labute approximate surface area is 125 Å². The van der Waals surface area contributed by atoms with Crippen molar-refractivity contribution in [3.05, 3.63) is 48.0 Å². The van der Waals surface area contributed by atoms with Crippen molar-refractivity contribution < 1.29 is 5.11 Å². The van der Waals surface area contributed by atoms with Gasteiger partial charge in [-0.1, -0.05) is 25.3 Å². The summed E-state index contributed by atoms with van der Waals surface area (Å²) in [6.45, 7) is 0. The zero-order chi connectivity index (χ0) is 14.5. The van der Waals surface area contributed by atoms with Crippen LogP contribution in [0, 0.1) is 0 Å². The summed E-state index contributed by atoms with van der Waals surface area (Å²) >= 11 is 0. The van der Waals surface area contributed by atoms with Crippen LogP contribution in [-0.4, -0.2) is 26.0 Å². The highest BCUT2D eigenvalue weighted by molar-refractivity contribution is 5.11. The van der Waals surface area contributed by atoms with Crippen LogP contribution in [-0.2, 0) is 12.8 Å². The molecule has 0 aromatic carbocycles. The number of hydrogen-bond donors (Lipinski definition) is 1. The van der Waals surface area contributed by atoms with E-state index in [1.165, 1.54) is 32.1 Å². The molecule has 1 N–H and O–H groups in total. The van der Waals surface area contributed by atoms with Crippen molar-refractivity contribution in [2.24, 2.45) is 0 Å². The summed E-state index contributed by atoms with van der Waals surface area (Å²) < 4.78 is 2.10. The first-order valence-electron chi connectivity index (χ1n) is 7.92. The Hall–Kier alpha value is -1.68. The summed E-state index contributed by atoms with van der Waals surface area (Å²) in [6, 6.07) is 6.50. The van der Waals surface area contributed by atoms with Gasteiger partial charge in [0.15, 0.2) is 0 Å². The van der Waals surface area contributed by atoms with Gasteiger partial charge < -0.3 is 5.11 Å². The number of pyridine rings is 1. The Morgan fingerprint density at radius 2 is 2.05 bits per heavy atom. The third-order valence-electron chi connectivity index (χ3n) is 4.25. The van der Waals surface area contributed by atoms with Crippen LogP contribution in [0.25, 0.3) is 0 Å².